The zero-order chi connectivity index (χ0) is 19.4. The summed E-state index contributed by atoms with van der Waals surface area (Å²) < 4.78 is 11.2. The Morgan fingerprint density at radius 3 is 2.78 bits per heavy atom. The molecule has 0 saturated carbocycles. The van der Waals surface area contributed by atoms with Crippen LogP contribution in [0.4, 0.5) is 0 Å². The van der Waals surface area contributed by atoms with Crippen molar-refractivity contribution < 1.29 is 19.1 Å². The van der Waals surface area contributed by atoms with Crippen LogP contribution in [-0.4, -0.2) is 31.4 Å². The number of amides is 1. The first-order chi connectivity index (χ1) is 13.0. The van der Waals surface area contributed by atoms with Crippen LogP contribution in [0, 0.1) is 13.8 Å². The maximum Gasteiger partial charge on any atom is 0.258 e. The van der Waals surface area contributed by atoms with Crippen molar-refractivity contribution in [2.75, 3.05) is 19.8 Å². The molecule has 1 unspecified atom stereocenters. The van der Waals surface area contributed by atoms with Gasteiger partial charge in [0.1, 0.15) is 18.1 Å². The van der Waals surface area contributed by atoms with Crippen LogP contribution < -0.4 is 14.8 Å². The Morgan fingerprint density at radius 2 is 2.00 bits per heavy atom. The van der Waals surface area contributed by atoms with E-state index in [1.54, 1.807) is 6.07 Å². The number of benzene rings is 2. The summed E-state index contributed by atoms with van der Waals surface area (Å²) in [6.07, 6.45) is 0.499. The summed E-state index contributed by atoms with van der Waals surface area (Å²) in [6.45, 7) is 6.68. The highest BCUT2D eigenvalue weighted by atomic mass is 16.5. The first-order valence-electron chi connectivity index (χ1n) is 9.21. The monoisotopic (exact) mass is 367 g/mol. The first-order valence-corrected chi connectivity index (χ1v) is 9.21. The molecule has 27 heavy (non-hydrogen) atoms. The van der Waals surface area contributed by atoms with Crippen LogP contribution in [0.5, 0.6) is 11.5 Å². The number of carbonyl (C=O) groups is 2. The topological polar surface area (TPSA) is 64.6 Å². The van der Waals surface area contributed by atoms with Gasteiger partial charge in [-0.3, -0.25) is 9.59 Å². The summed E-state index contributed by atoms with van der Waals surface area (Å²) in [5.41, 5.74) is 3.90. The predicted octanol–water partition coefficient (Wildman–Crippen LogP) is 3.57. The second-order valence-electron chi connectivity index (χ2n) is 7.00. The number of ketones is 1. The fourth-order valence-electron chi connectivity index (χ4n) is 3.49. The number of ether oxygens (including phenoxy) is 2. The Morgan fingerprint density at radius 1 is 1.19 bits per heavy atom. The van der Waals surface area contributed by atoms with Gasteiger partial charge in [0.15, 0.2) is 12.4 Å². The molecule has 5 nitrogen and oxygen atoms in total. The molecular weight excluding hydrogens is 342 g/mol. The number of hydrogen-bond donors (Lipinski definition) is 1. The van der Waals surface area contributed by atoms with Crippen LogP contribution in [0.2, 0.25) is 0 Å². The molecule has 0 aliphatic heterocycles. The largest absolute Gasteiger partial charge is 0.492 e. The van der Waals surface area contributed by atoms with Gasteiger partial charge in [-0.15, -0.1) is 0 Å². The molecule has 1 atom stereocenters. The van der Waals surface area contributed by atoms with E-state index in [0.717, 1.165) is 22.4 Å². The van der Waals surface area contributed by atoms with Gasteiger partial charge in [-0.2, -0.15) is 0 Å². The molecule has 1 aliphatic rings. The Kier molecular flexibility index (Phi) is 5.79. The molecule has 1 aliphatic carbocycles. The summed E-state index contributed by atoms with van der Waals surface area (Å²) in [6, 6.07) is 11.5. The number of aryl methyl sites for hydroxylation is 2. The van der Waals surface area contributed by atoms with E-state index in [9.17, 15) is 9.59 Å². The molecule has 0 heterocycles. The maximum absolute atomic E-state index is 12.3. The van der Waals surface area contributed by atoms with E-state index >= 15 is 0 Å². The van der Waals surface area contributed by atoms with Gasteiger partial charge in [0.25, 0.3) is 5.91 Å². The second kappa shape index (κ2) is 8.25. The van der Waals surface area contributed by atoms with Crippen molar-refractivity contribution in [3.8, 4) is 11.5 Å². The van der Waals surface area contributed by atoms with Crippen LogP contribution in [-0.2, 0) is 4.79 Å². The van der Waals surface area contributed by atoms with E-state index < -0.39 is 0 Å². The van der Waals surface area contributed by atoms with E-state index in [4.69, 9.17) is 9.47 Å². The number of carbonyl (C=O) groups excluding carboxylic acids is 2. The number of Topliss-reactive ketones (excluding diaryl/α,β-unsaturated/α-hetero) is 1. The predicted molar refractivity (Wildman–Crippen MR) is 104 cm³/mol. The van der Waals surface area contributed by atoms with Crippen molar-refractivity contribution in [2.24, 2.45) is 0 Å². The lowest BCUT2D eigenvalue weighted by atomic mass is 9.97. The van der Waals surface area contributed by atoms with Crippen LogP contribution in [0.3, 0.4) is 0 Å². The van der Waals surface area contributed by atoms with Gasteiger partial charge in [0, 0.05) is 6.42 Å². The van der Waals surface area contributed by atoms with Gasteiger partial charge in [0.2, 0.25) is 0 Å². The molecule has 1 amide bonds. The lowest BCUT2D eigenvalue weighted by molar-refractivity contribution is -0.123. The molecule has 0 fully saturated rings. The standard InChI is InChI=1S/C22H25NO4/c1-14-5-4-6-17(11-14)26-10-9-23-20(25)13-27-19-8-7-15(2)21-16(3)12-18(24)22(19)21/h4-8,11,16H,9-10,12-13H2,1-3H3,(H,23,25). The minimum atomic E-state index is -0.240. The smallest absolute Gasteiger partial charge is 0.258 e. The fourth-order valence-corrected chi connectivity index (χ4v) is 3.49. The zero-order valence-corrected chi connectivity index (χ0v) is 16.0. The first kappa shape index (κ1) is 19.0. The molecular formula is C22H25NO4. The van der Waals surface area contributed by atoms with Crippen LogP contribution in [0.1, 0.15) is 46.3 Å². The van der Waals surface area contributed by atoms with Crippen molar-refractivity contribution >= 4 is 11.7 Å². The molecule has 2 aromatic rings. The van der Waals surface area contributed by atoms with E-state index in [0.29, 0.717) is 30.9 Å². The summed E-state index contributed by atoms with van der Waals surface area (Å²) in [5, 5.41) is 2.76. The lowest BCUT2D eigenvalue weighted by Crippen LogP contribution is -2.32. The Labute approximate surface area is 159 Å². The Bertz CT molecular complexity index is 859. The van der Waals surface area contributed by atoms with Gasteiger partial charge >= 0.3 is 0 Å². The summed E-state index contributed by atoms with van der Waals surface area (Å²) in [4.78, 5) is 24.3. The Hall–Kier alpha value is -2.82. The quantitative estimate of drug-likeness (QED) is 0.760. The molecule has 5 heteroatoms. The average molecular weight is 367 g/mol. The van der Waals surface area contributed by atoms with Gasteiger partial charge in [0.05, 0.1) is 12.1 Å². The third kappa shape index (κ3) is 4.48. The molecule has 2 aromatic carbocycles. The summed E-state index contributed by atoms with van der Waals surface area (Å²) in [7, 11) is 0. The van der Waals surface area contributed by atoms with Gasteiger partial charge < -0.3 is 14.8 Å². The number of rotatable bonds is 7. The normalized spacial score (nSPS) is 15.4. The highest BCUT2D eigenvalue weighted by molar-refractivity contribution is 6.04. The van der Waals surface area contributed by atoms with Crippen molar-refractivity contribution in [3.63, 3.8) is 0 Å². The van der Waals surface area contributed by atoms with Crippen molar-refractivity contribution in [1.82, 2.24) is 5.32 Å². The molecule has 0 aromatic heterocycles. The molecule has 0 radical (unpaired) electrons. The second-order valence-corrected chi connectivity index (χ2v) is 7.00. The van der Waals surface area contributed by atoms with Crippen molar-refractivity contribution in [1.29, 1.82) is 0 Å². The van der Waals surface area contributed by atoms with Crippen molar-refractivity contribution in [2.45, 2.75) is 33.1 Å². The number of nitrogens with one attached hydrogen (secondary N) is 1. The molecule has 1 N–H and O–H groups in total. The number of fused-ring (bicyclic) bond motifs is 1. The summed E-state index contributed by atoms with van der Waals surface area (Å²) >= 11 is 0. The molecule has 0 spiro atoms. The van der Waals surface area contributed by atoms with Gasteiger partial charge in [-0.05, 0) is 54.7 Å². The van der Waals surface area contributed by atoms with Gasteiger partial charge in [-0.25, -0.2) is 0 Å². The van der Waals surface area contributed by atoms with Crippen LogP contribution in [0.15, 0.2) is 36.4 Å². The zero-order valence-electron chi connectivity index (χ0n) is 16.0. The van der Waals surface area contributed by atoms with Crippen LogP contribution in [0.25, 0.3) is 0 Å². The SMILES string of the molecule is Cc1cccc(OCCNC(=O)COc2ccc(C)c3c2C(=O)CC3C)c1. The van der Waals surface area contributed by atoms with Crippen LogP contribution >= 0.6 is 0 Å². The highest BCUT2D eigenvalue weighted by Gasteiger charge is 2.31. The lowest BCUT2D eigenvalue weighted by Gasteiger charge is -2.13. The fraction of sp³-hybridized carbons (Fsp3) is 0.364. The average Bonchev–Trinajstić information content (AvgIpc) is 2.94. The van der Waals surface area contributed by atoms with E-state index in [1.165, 1.54) is 0 Å². The maximum atomic E-state index is 12.3. The molecule has 0 saturated heterocycles. The minimum absolute atomic E-state index is 0.0863. The van der Waals surface area contributed by atoms with E-state index in [-0.39, 0.29) is 24.2 Å². The molecule has 142 valence electrons. The molecule has 3 rings (SSSR count). The van der Waals surface area contributed by atoms with Crippen molar-refractivity contribution in [3.05, 3.63) is 58.7 Å². The summed E-state index contributed by atoms with van der Waals surface area (Å²) in [5.74, 6) is 1.32. The number of hydrogen-bond acceptors (Lipinski definition) is 4. The minimum Gasteiger partial charge on any atom is -0.492 e. The third-order valence-electron chi connectivity index (χ3n) is 4.73. The highest BCUT2D eigenvalue weighted by Crippen LogP contribution is 2.40. The van der Waals surface area contributed by atoms with E-state index in [2.05, 4.69) is 5.32 Å². The van der Waals surface area contributed by atoms with Gasteiger partial charge in [-0.1, -0.05) is 25.1 Å². The molecule has 0 bridgehead atoms. The third-order valence-corrected chi connectivity index (χ3v) is 4.73. The Balaban J connectivity index is 1.48. The van der Waals surface area contributed by atoms with E-state index in [1.807, 2.05) is 51.1 Å².